The summed E-state index contributed by atoms with van der Waals surface area (Å²) in [6.45, 7) is 3.73. The van der Waals surface area contributed by atoms with Crippen molar-refractivity contribution < 1.29 is 14.0 Å². The lowest BCUT2D eigenvalue weighted by molar-refractivity contribution is -0.121. The van der Waals surface area contributed by atoms with Gasteiger partial charge in [0.2, 0.25) is 5.91 Å². The summed E-state index contributed by atoms with van der Waals surface area (Å²) in [4.78, 5) is 25.5. The molecule has 1 atom stereocenters. The van der Waals surface area contributed by atoms with Crippen LogP contribution in [0.25, 0.3) is 11.0 Å². The molecule has 1 aromatic heterocycles. The zero-order valence-electron chi connectivity index (χ0n) is 12.8. The lowest BCUT2D eigenvalue weighted by atomic mass is 10.1. The number of carbonyl (C=O) groups excluding carboxylic acids is 2. The van der Waals surface area contributed by atoms with Crippen molar-refractivity contribution in [2.24, 2.45) is 0 Å². The highest BCUT2D eigenvalue weighted by atomic mass is 16.3. The minimum Gasteiger partial charge on any atom is -0.461 e. The van der Waals surface area contributed by atoms with E-state index < -0.39 is 0 Å². The SMILES string of the molecule is CNC(=O)C[C@@H](C)N(C)C(=O)c1ccc2oc(C)cc2c1. The van der Waals surface area contributed by atoms with Crippen molar-refractivity contribution in [2.45, 2.75) is 26.3 Å². The summed E-state index contributed by atoms with van der Waals surface area (Å²) in [6, 6.07) is 7.10. The van der Waals surface area contributed by atoms with Crippen molar-refractivity contribution >= 4 is 22.8 Å². The Bertz CT molecular complexity index is 675. The minimum atomic E-state index is -0.167. The summed E-state index contributed by atoms with van der Waals surface area (Å²) in [5, 5.41) is 3.48. The smallest absolute Gasteiger partial charge is 0.253 e. The van der Waals surface area contributed by atoms with Crippen LogP contribution in [0.4, 0.5) is 0 Å². The van der Waals surface area contributed by atoms with Gasteiger partial charge < -0.3 is 14.6 Å². The molecule has 2 rings (SSSR count). The Morgan fingerprint density at radius 3 is 2.71 bits per heavy atom. The number of aryl methyl sites for hydroxylation is 1. The second-order valence-electron chi connectivity index (χ2n) is 5.25. The van der Waals surface area contributed by atoms with Crippen molar-refractivity contribution in [2.75, 3.05) is 14.1 Å². The molecule has 0 unspecified atom stereocenters. The molecule has 0 aliphatic carbocycles. The first-order valence-electron chi connectivity index (χ1n) is 6.90. The Balaban J connectivity index is 2.18. The Kier molecular flexibility index (Phi) is 4.31. The largest absolute Gasteiger partial charge is 0.461 e. The van der Waals surface area contributed by atoms with Gasteiger partial charge in [0.15, 0.2) is 0 Å². The van der Waals surface area contributed by atoms with Crippen molar-refractivity contribution in [3.8, 4) is 0 Å². The molecule has 5 heteroatoms. The number of nitrogens with zero attached hydrogens (tertiary/aromatic N) is 1. The first-order chi connectivity index (χ1) is 9.92. The van der Waals surface area contributed by atoms with Gasteiger partial charge in [-0.05, 0) is 38.1 Å². The van der Waals surface area contributed by atoms with Gasteiger partial charge in [0.25, 0.3) is 5.91 Å². The molecule has 21 heavy (non-hydrogen) atoms. The predicted octanol–water partition coefficient (Wildman–Crippen LogP) is 2.34. The van der Waals surface area contributed by atoms with Crippen LogP contribution in [0.1, 0.15) is 29.5 Å². The number of fused-ring (bicyclic) bond motifs is 1. The van der Waals surface area contributed by atoms with Gasteiger partial charge in [-0.3, -0.25) is 9.59 Å². The van der Waals surface area contributed by atoms with Crippen molar-refractivity contribution in [3.05, 3.63) is 35.6 Å². The average molecular weight is 288 g/mol. The van der Waals surface area contributed by atoms with Gasteiger partial charge in [-0.2, -0.15) is 0 Å². The molecule has 0 fully saturated rings. The summed E-state index contributed by atoms with van der Waals surface area (Å²) in [5.74, 6) is 0.631. The molecule has 112 valence electrons. The maximum atomic E-state index is 12.5. The molecule has 1 heterocycles. The Labute approximate surface area is 123 Å². The molecule has 0 saturated heterocycles. The number of nitrogens with one attached hydrogen (secondary N) is 1. The van der Waals surface area contributed by atoms with Crippen LogP contribution in [0.15, 0.2) is 28.7 Å². The van der Waals surface area contributed by atoms with Crippen LogP contribution in [0, 0.1) is 6.92 Å². The van der Waals surface area contributed by atoms with E-state index in [1.807, 2.05) is 26.0 Å². The molecular formula is C16H20N2O3. The molecule has 0 saturated carbocycles. The Morgan fingerprint density at radius 1 is 1.33 bits per heavy atom. The van der Waals surface area contributed by atoms with Gasteiger partial charge in [-0.25, -0.2) is 0 Å². The number of hydrogen-bond acceptors (Lipinski definition) is 3. The summed E-state index contributed by atoms with van der Waals surface area (Å²) in [6.07, 6.45) is 0.284. The third-order valence-corrected chi connectivity index (χ3v) is 3.63. The molecule has 0 spiro atoms. The first-order valence-corrected chi connectivity index (χ1v) is 6.90. The van der Waals surface area contributed by atoms with E-state index in [1.165, 1.54) is 0 Å². The lowest BCUT2D eigenvalue weighted by Gasteiger charge is -2.24. The molecule has 2 aromatic rings. The molecule has 1 aromatic carbocycles. The predicted molar refractivity (Wildman–Crippen MR) is 81.2 cm³/mol. The lowest BCUT2D eigenvalue weighted by Crippen LogP contribution is -2.38. The summed E-state index contributed by atoms with van der Waals surface area (Å²) < 4.78 is 5.50. The van der Waals surface area contributed by atoms with Gasteiger partial charge in [0, 0.05) is 37.5 Å². The van der Waals surface area contributed by atoms with Crippen LogP contribution in [0.2, 0.25) is 0 Å². The third kappa shape index (κ3) is 3.24. The van der Waals surface area contributed by atoms with Gasteiger partial charge in [-0.1, -0.05) is 0 Å². The first kappa shape index (κ1) is 15.1. The van der Waals surface area contributed by atoms with Crippen LogP contribution in [-0.4, -0.2) is 36.9 Å². The van der Waals surface area contributed by atoms with Gasteiger partial charge >= 0.3 is 0 Å². The molecule has 0 aliphatic rings. The topological polar surface area (TPSA) is 62.6 Å². The standard InChI is InChI=1S/C16H20N2O3/c1-10(7-15(19)17-3)18(4)16(20)12-5-6-14-13(9-12)8-11(2)21-14/h5-6,8-10H,7H2,1-4H3,(H,17,19)/t10-/m1/s1. The van der Waals surface area contributed by atoms with E-state index >= 15 is 0 Å². The van der Waals surface area contributed by atoms with E-state index in [1.54, 1.807) is 31.1 Å². The van der Waals surface area contributed by atoms with E-state index in [2.05, 4.69) is 5.32 Å². The number of benzene rings is 1. The number of furan rings is 1. The highest BCUT2D eigenvalue weighted by Crippen LogP contribution is 2.21. The second-order valence-corrected chi connectivity index (χ2v) is 5.25. The molecule has 2 amide bonds. The summed E-state index contributed by atoms with van der Waals surface area (Å²) in [7, 11) is 3.30. The van der Waals surface area contributed by atoms with E-state index in [4.69, 9.17) is 4.42 Å². The maximum absolute atomic E-state index is 12.5. The highest BCUT2D eigenvalue weighted by molar-refractivity contribution is 5.98. The Hall–Kier alpha value is -2.30. The number of hydrogen-bond donors (Lipinski definition) is 1. The van der Waals surface area contributed by atoms with E-state index in [9.17, 15) is 9.59 Å². The van der Waals surface area contributed by atoms with E-state index in [0.717, 1.165) is 16.7 Å². The van der Waals surface area contributed by atoms with Crippen molar-refractivity contribution in [1.82, 2.24) is 10.2 Å². The average Bonchev–Trinajstić information content (AvgIpc) is 2.84. The summed E-state index contributed by atoms with van der Waals surface area (Å²) in [5.41, 5.74) is 1.36. The minimum absolute atomic E-state index is 0.0805. The van der Waals surface area contributed by atoms with Gasteiger partial charge in [-0.15, -0.1) is 0 Å². The quantitative estimate of drug-likeness (QED) is 0.939. The molecule has 0 radical (unpaired) electrons. The van der Waals surface area contributed by atoms with Crippen molar-refractivity contribution in [1.29, 1.82) is 0 Å². The molecule has 0 aliphatic heterocycles. The second kappa shape index (κ2) is 5.99. The van der Waals surface area contributed by atoms with Gasteiger partial charge in [0.1, 0.15) is 11.3 Å². The van der Waals surface area contributed by atoms with Crippen LogP contribution < -0.4 is 5.32 Å². The fraction of sp³-hybridized carbons (Fsp3) is 0.375. The van der Waals surface area contributed by atoms with Crippen LogP contribution >= 0.6 is 0 Å². The zero-order chi connectivity index (χ0) is 15.6. The van der Waals surface area contributed by atoms with Crippen LogP contribution in [0.5, 0.6) is 0 Å². The molecular weight excluding hydrogens is 268 g/mol. The molecule has 5 nitrogen and oxygen atoms in total. The van der Waals surface area contributed by atoms with Crippen molar-refractivity contribution in [3.63, 3.8) is 0 Å². The zero-order valence-corrected chi connectivity index (χ0v) is 12.8. The third-order valence-electron chi connectivity index (χ3n) is 3.63. The van der Waals surface area contributed by atoms with E-state index in [0.29, 0.717) is 5.56 Å². The maximum Gasteiger partial charge on any atom is 0.253 e. The van der Waals surface area contributed by atoms with Gasteiger partial charge in [0.05, 0.1) is 0 Å². The Morgan fingerprint density at radius 2 is 2.05 bits per heavy atom. The monoisotopic (exact) mass is 288 g/mol. The van der Waals surface area contributed by atoms with Crippen LogP contribution in [0.3, 0.4) is 0 Å². The number of carbonyl (C=O) groups is 2. The number of amides is 2. The fourth-order valence-corrected chi connectivity index (χ4v) is 2.22. The normalized spacial score (nSPS) is 12.2. The summed E-state index contributed by atoms with van der Waals surface area (Å²) >= 11 is 0. The van der Waals surface area contributed by atoms with E-state index in [-0.39, 0.29) is 24.3 Å². The fourth-order valence-electron chi connectivity index (χ4n) is 2.22. The highest BCUT2D eigenvalue weighted by Gasteiger charge is 2.20. The van der Waals surface area contributed by atoms with Crippen LogP contribution in [-0.2, 0) is 4.79 Å². The number of rotatable bonds is 4. The molecule has 1 N–H and O–H groups in total. The molecule has 0 bridgehead atoms.